The maximum Gasteiger partial charge on any atom is 0.514 e. The summed E-state index contributed by atoms with van der Waals surface area (Å²) >= 11 is 1.53. The van der Waals surface area contributed by atoms with E-state index in [0.29, 0.717) is 0 Å². The lowest BCUT2D eigenvalue weighted by atomic mass is 10.1. The van der Waals surface area contributed by atoms with Crippen molar-refractivity contribution in [1.82, 2.24) is 0 Å². The first-order valence-electron chi connectivity index (χ1n) is 10.8. The van der Waals surface area contributed by atoms with E-state index in [1.54, 1.807) is 59.7 Å². The lowest BCUT2D eigenvalue weighted by Gasteiger charge is -2.20. The molecule has 2 aromatic carbocycles. The zero-order chi connectivity index (χ0) is 25.8. The molecule has 0 spiro atoms. The van der Waals surface area contributed by atoms with E-state index in [0.717, 1.165) is 17.2 Å². The molecule has 0 bridgehead atoms. The van der Waals surface area contributed by atoms with E-state index >= 15 is 0 Å². The minimum Gasteiger partial charge on any atom is -0.450 e. The Morgan fingerprint density at radius 1 is 0.829 bits per heavy atom. The summed E-state index contributed by atoms with van der Waals surface area (Å²) in [7, 11) is 0. The monoisotopic (exact) mass is 501 g/mol. The van der Waals surface area contributed by atoms with Crippen LogP contribution in [0.4, 0.5) is 19.7 Å². The first kappa shape index (κ1) is 26.0. The zero-order valence-corrected chi connectivity index (χ0v) is 21.2. The average molecular weight is 502 g/mol. The Morgan fingerprint density at radius 2 is 1.51 bits per heavy atom. The first-order chi connectivity index (χ1) is 16.3. The number of thiophene rings is 1. The van der Waals surface area contributed by atoms with E-state index in [-0.39, 0.29) is 22.9 Å². The number of hydrogen-bond acceptors (Lipinski definition) is 7. The van der Waals surface area contributed by atoms with Gasteiger partial charge in [0, 0.05) is 11.8 Å². The average Bonchev–Trinajstić information content (AvgIpc) is 3.23. The van der Waals surface area contributed by atoms with Crippen molar-refractivity contribution in [2.75, 3.05) is 5.32 Å². The highest BCUT2D eigenvalue weighted by Crippen LogP contribution is 2.38. The molecule has 0 aliphatic heterocycles. The molecule has 0 unspecified atom stereocenters. The van der Waals surface area contributed by atoms with Crippen LogP contribution in [0.15, 0.2) is 53.2 Å². The Hall–Kier alpha value is -3.59. The summed E-state index contributed by atoms with van der Waals surface area (Å²) in [5.74, 6) is -0.680. The Kier molecular flexibility index (Phi) is 7.70. The third-order valence-electron chi connectivity index (χ3n) is 4.18. The molecule has 0 aliphatic rings. The maximum atomic E-state index is 14.8. The second-order valence-corrected chi connectivity index (χ2v) is 10.4. The zero-order valence-electron chi connectivity index (χ0n) is 20.4. The Labute approximate surface area is 207 Å². The molecule has 9 heteroatoms. The lowest BCUT2D eigenvalue weighted by Crippen LogP contribution is -2.27. The summed E-state index contributed by atoms with van der Waals surface area (Å²) in [5, 5.41) is 6.35. The molecular weight excluding hydrogens is 473 g/mol. The Morgan fingerprint density at radius 3 is 2.11 bits per heavy atom. The second-order valence-electron chi connectivity index (χ2n) is 9.61. The number of anilines is 1. The fraction of sp³-hybridized carbons (Fsp3) is 0.308. The molecule has 35 heavy (non-hydrogen) atoms. The van der Waals surface area contributed by atoms with Crippen molar-refractivity contribution in [3.8, 4) is 28.4 Å². The smallest absolute Gasteiger partial charge is 0.450 e. The van der Waals surface area contributed by atoms with Gasteiger partial charge in [0.2, 0.25) is 0 Å². The minimum absolute atomic E-state index is 0.0679. The number of nitrogens with one attached hydrogen (secondary N) is 1. The van der Waals surface area contributed by atoms with Crippen LogP contribution in [0.25, 0.3) is 11.1 Å². The molecule has 1 aromatic heterocycles. The number of benzene rings is 2. The topological polar surface area (TPSA) is 83.1 Å². The first-order valence-corrected chi connectivity index (χ1v) is 11.8. The number of ether oxygens (including phenoxy) is 4. The van der Waals surface area contributed by atoms with E-state index in [2.05, 4.69) is 5.32 Å². The van der Waals surface area contributed by atoms with Gasteiger partial charge in [-0.1, -0.05) is 6.07 Å². The number of carbonyl (C=O) groups excluding carboxylic acids is 2. The van der Waals surface area contributed by atoms with Crippen molar-refractivity contribution in [3.05, 3.63) is 59.0 Å². The van der Waals surface area contributed by atoms with E-state index in [1.165, 1.54) is 23.5 Å². The van der Waals surface area contributed by atoms with Crippen LogP contribution in [0.1, 0.15) is 41.5 Å². The highest BCUT2D eigenvalue weighted by Gasteiger charge is 2.21. The van der Waals surface area contributed by atoms with Crippen LogP contribution >= 0.6 is 11.3 Å². The maximum absolute atomic E-state index is 14.8. The summed E-state index contributed by atoms with van der Waals surface area (Å²) in [6.07, 6.45) is -1.62. The molecule has 1 amide bonds. The number of hydrogen-bond donors (Lipinski definition) is 1. The van der Waals surface area contributed by atoms with E-state index in [4.69, 9.17) is 18.9 Å². The molecule has 0 atom stereocenters. The summed E-state index contributed by atoms with van der Waals surface area (Å²) in [6.45, 7) is 10.3. The molecule has 3 aromatic rings. The summed E-state index contributed by atoms with van der Waals surface area (Å²) in [4.78, 5) is 24.3. The fourth-order valence-electron chi connectivity index (χ4n) is 2.84. The van der Waals surface area contributed by atoms with Gasteiger partial charge >= 0.3 is 12.2 Å². The van der Waals surface area contributed by atoms with Crippen LogP contribution in [0, 0.1) is 5.82 Å². The van der Waals surface area contributed by atoms with Crippen molar-refractivity contribution in [2.24, 2.45) is 0 Å². The number of carbonyl (C=O) groups is 2. The SMILES string of the molecule is CC(C)(C)OC(=O)Nc1ccc(Oc2ccc(-c3ccsc3)cc2OC(=O)OC(C)(C)C)c(F)c1. The van der Waals surface area contributed by atoms with E-state index in [9.17, 15) is 14.0 Å². The third-order valence-corrected chi connectivity index (χ3v) is 4.86. The molecule has 1 N–H and O–H groups in total. The molecule has 0 radical (unpaired) electrons. The summed E-state index contributed by atoms with van der Waals surface area (Å²) in [5.41, 5.74) is 0.466. The molecule has 186 valence electrons. The highest BCUT2D eigenvalue weighted by atomic mass is 32.1. The van der Waals surface area contributed by atoms with Gasteiger partial charge in [-0.15, -0.1) is 0 Å². The van der Waals surface area contributed by atoms with Gasteiger partial charge in [0.15, 0.2) is 23.1 Å². The molecule has 3 rings (SSSR count). The normalized spacial score (nSPS) is 11.5. The molecular formula is C26H28FNO6S. The van der Waals surface area contributed by atoms with Crippen LogP contribution in [-0.2, 0) is 9.47 Å². The van der Waals surface area contributed by atoms with Crippen LogP contribution < -0.4 is 14.8 Å². The molecule has 7 nitrogen and oxygen atoms in total. The van der Waals surface area contributed by atoms with Crippen LogP contribution in [0.2, 0.25) is 0 Å². The van der Waals surface area contributed by atoms with Gasteiger partial charge < -0.3 is 18.9 Å². The lowest BCUT2D eigenvalue weighted by molar-refractivity contribution is 0.0201. The molecule has 1 heterocycles. The second kappa shape index (κ2) is 10.4. The van der Waals surface area contributed by atoms with Crippen LogP contribution in [-0.4, -0.2) is 23.5 Å². The van der Waals surface area contributed by atoms with Crippen LogP contribution in [0.3, 0.4) is 0 Å². The van der Waals surface area contributed by atoms with Gasteiger partial charge in [-0.05, 0) is 93.8 Å². The fourth-order valence-corrected chi connectivity index (χ4v) is 3.51. The van der Waals surface area contributed by atoms with Gasteiger partial charge in [0.1, 0.15) is 11.2 Å². The molecule has 0 aliphatic carbocycles. The van der Waals surface area contributed by atoms with Crippen molar-refractivity contribution >= 4 is 29.3 Å². The van der Waals surface area contributed by atoms with Crippen molar-refractivity contribution < 1.29 is 32.9 Å². The molecule has 0 saturated carbocycles. The standard InChI is InChI=1S/C26H28FNO6S/c1-25(2,3)33-23(29)28-18-8-10-20(19(27)14-18)31-21-9-7-16(17-11-12-35-15-17)13-22(21)32-24(30)34-26(4,5)6/h7-15H,1-6H3,(H,28,29). The van der Waals surface area contributed by atoms with Gasteiger partial charge in [0.25, 0.3) is 0 Å². The van der Waals surface area contributed by atoms with Crippen molar-refractivity contribution in [1.29, 1.82) is 0 Å². The van der Waals surface area contributed by atoms with Gasteiger partial charge in [-0.3, -0.25) is 5.32 Å². The number of halogens is 1. The highest BCUT2D eigenvalue weighted by molar-refractivity contribution is 7.08. The van der Waals surface area contributed by atoms with Crippen molar-refractivity contribution in [2.45, 2.75) is 52.7 Å². The van der Waals surface area contributed by atoms with Crippen LogP contribution in [0.5, 0.6) is 17.2 Å². The Balaban J connectivity index is 1.84. The molecule has 0 saturated heterocycles. The minimum atomic E-state index is -0.915. The predicted octanol–water partition coefficient (Wildman–Crippen LogP) is 8.01. The molecule has 0 fully saturated rings. The summed E-state index contributed by atoms with van der Waals surface area (Å²) < 4.78 is 36.4. The van der Waals surface area contributed by atoms with E-state index < -0.39 is 29.3 Å². The largest absolute Gasteiger partial charge is 0.514 e. The van der Waals surface area contributed by atoms with Gasteiger partial charge in [-0.25, -0.2) is 14.0 Å². The number of rotatable bonds is 5. The summed E-state index contributed by atoms with van der Waals surface area (Å²) in [6, 6.07) is 10.8. The quantitative estimate of drug-likeness (QED) is 0.282. The Bertz CT molecular complexity index is 1200. The van der Waals surface area contributed by atoms with Crippen molar-refractivity contribution in [3.63, 3.8) is 0 Å². The number of amides is 1. The third kappa shape index (κ3) is 7.99. The predicted molar refractivity (Wildman–Crippen MR) is 133 cm³/mol. The van der Waals surface area contributed by atoms with Gasteiger partial charge in [-0.2, -0.15) is 11.3 Å². The van der Waals surface area contributed by atoms with E-state index in [1.807, 2.05) is 16.8 Å². The van der Waals surface area contributed by atoms with Gasteiger partial charge in [0.05, 0.1) is 0 Å².